The van der Waals surface area contributed by atoms with E-state index >= 15 is 0 Å². The number of rotatable bonds is 5. The molecule has 3 amide bonds. The SMILES string of the molecule is CCOC(=O)C(=O)NCCN1C(=O)S/C(=C\c2cccnc2)C1=O. The van der Waals surface area contributed by atoms with Crippen molar-refractivity contribution >= 4 is 40.9 Å². The first-order valence-corrected chi connectivity index (χ1v) is 7.95. The highest BCUT2D eigenvalue weighted by Crippen LogP contribution is 2.31. The summed E-state index contributed by atoms with van der Waals surface area (Å²) in [6.45, 7) is 1.62. The minimum absolute atomic E-state index is 0.0276. The summed E-state index contributed by atoms with van der Waals surface area (Å²) in [5.41, 5.74) is 0.707. The molecule has 9 heteroatoms. The zero-order valence-corrected chi connectivity index (χ0v) is 13.7. The molecule has 2 heterocycles. The molecule has 1 fully saturated rings. The fourth-order valence-corrected chi connectivity index (χ4v) is 2.72. The molecule has 0 radical (unpaired) electrons. The first kappa shape index (κ1) is 17.7. The molecule has 0 saturated carbocycles. The third kappa shape index (κ3) is 4.42. The molecular weight excluding hydrogens is 334 g/mol. The molecule has 24 heavy (non-hydrogen) atoms. The van der Waals surface area contributed by atoms with Crippen LogP contribution in [0.15, 0.2) is 29.4 Å². The van der Waals surface area contributed by atoms with Gasteiger partial charge in [0, 0.05) is 25.5 Å². The molecule has 0 spiro atoms. The van der Waals surface area contributed by atoms with Crippen LogP contribution in [-0.4, -0.2) is 52.6 Å². The molecule has 0 bridgehead atoms. The van der Waals surface area contributed by atoms with Gasteiger partial charge in [-0.15, -0.1) is 0 Å². The van der Waals surface area contributed by atoms with Crippen LogP contribution in [0.25, 0.3) is 6.08 Å². The van der Waals surface area contributed by atoms with Crippen LogP contribution in [0.1, 0.15) is 12.5 Å². The predicted octanol–water partition coefficient (Wildman–Crippen LogP) is 0.797. The quantitative estimate of drug-likeness (QED) is 0.476. The van der Waals surface area contributed by atoms with Crippen molar-refractivity contribution in [2.45, 2.75) is 6.92 Å². The van der Waals surface area contributed by atoms with Gasteiger partial charge in [-0.3, -0.25) is 24.3 Å². The number of amides is 3. The fraction of sp³-hybridized carbons (Fsp3) is 0.267. The average molecular weight is 349 g/mol. The van der Waals surface area contributed by atoms with E-state index in [2.05, 4.69) is 15.0 Å². The second kappa shape index (κ2) is 8.25. The maximum absolute atomic E-state index is 12.2. The molecule has 0 aromatic carbocycles. The van der Waals surface area contributed by atoms with E-state index in [0.717, 1.165) is 16.7 Å². The van der Waals surface area contributed by atoms with Gasteiger partial charge in [0.15, 0.2) is 0 Å². The van der Waals surface area contributed by atoms with E-state index in [1.165, 1.54) is 0 Å². The number of nitrogens with one attached hydrogen (secondary N) is 1. The second-order valence-electron chi connectivity index (χ2n) is 4.60. The maximum Gasteiger partial charge on any atom is 0.396 e. The molecular formula is C15H15N3O5S. The highest BCUT2D eigenvalue weighted by Gasteiger charge is 2.34. The van der Waals surface area contributed by atoms with Crippen LogP contribution in [0, 0.1) is 0 Å². The number of aromatic nitrogens is 1. The van der Waals surface area contributed by atoms with E-state index in [1.54, 1.807) is 37.5 Å². The van der Waals surface area contributed by atoms with Crippen LogP contribution in [0.5, 0.6) is 0 Å². The van der Waals surface area contributed by atoms with E-state index in [1.807, 2.05) is 0 Å². The number of carbonyl (C=O) groups excluding carboxylic acids is 4. The van der Waals surface area contributed by atoms with Crippen LogP contribution < -0.4 is 5.32 Å². The van der Waals surface area contributed by atoms with Gasteiger partial charge in [-0.2, -0.15) is 0 Å². The van der Waals surface area contributed by atoms with Gasteiger partial charge in [-0.05, 0) is 36.4 Å². The van der Waals surface area contributed by atoms with Crippen LogP contribution in [0.2, 0.25) is 0 Å². The predicted molar refractivity (Wildman–Crippen MR) is 86.6 cm³/mol. The van der Waals surface area contributed by atoms with E-state index in [9.17, 15) is 19.2 Å². The van der Waals surface area contributed by atoms with Crippen LogP contribution >= 0.6 is 11.8 Å². The lowest BCUT2D eigenvalue weighted by Crippen LogP contribution is -2.40. The highest BCUT2D eigenvalue weighted by atomic mass is 32.2. The number of nitrogens with zero attached hydrogens (tertiary/aromatic N) is 2. The Hall–Kier alpha value is -2.68. The number of imide groups is 1. The fourth-order valence-electron chi connectivity index (χ4n) is 1.86. The molecule has 1 N–H and O–H groups in total. The van der Waals surface area contributed by atoms with Crippen LogP contribution in [0.4, 0.5) is 4.79 Å². The van der Waals surface area contributed by atoms with Gasteiger partial charge < -0.3 is 10.1 Å². The summed E-state index contributed by atoms with van der Waals surface area (Å²) in [5.74, 6) is -2.35. The summed E-state index contributed by atoms with van der Waals surface area (Å²) < 4.78 is 4.53. The van der Waals surface area contributed by atoms with Crippen molar-refractivity contribution in [1.82, 2.24) is 15.2 Å². The van der Waals surface area contributed by atoms with Crippen molar-refractivity contribution in [2.24, 2.45) is 0 Å². The lowest BCUT2D eigenvalue weighted by molar-refractivity contribution is -0.154. The van der Waals surface area contributed by atoms with Gasteiger partial charge in [0.2, 0.25) is 0 Å². The topological polar surface area (TPSA) is 106 Å². The van der Waals surface area contributed by atoms with E-state index in [-0.39, 0.29) is 24.6 Å². The molecule has 0 unspecified atom stereocenters. The monoisotopic (exact) mass is 349 g/mol. The number of thioether (sulfide) groups is 1. The molecule has 0 atom stereocenters. The first-order chi connectivity index (χ1) is 11.5. The summed E-state index contributed by atoms with van der Waals surface area (Å²) in [6, 6.07) is 3.49. The minimum Gasteiger partial charge on any atom is -0.459 e. The molecule has 1 aromatic rings. The van der Waals surface area contributed by atoms with E-state index < -0.39 is 23.0 Å². The molecule has 1 aliphatic heterocycles. The summed E-state index contributed by atoms with van der Waals surface area (Å²) in [6.07, 6.45) is 4.76. The third-order valence-electron chi connectivity index (χ3n) is 2.94. The Kier molecular flexibility index (Phi) is 6.07. The van der Waals surface area contributed by atoms with Crippen molar-refractivity contribution < 1.29 is 23.9 Å². The number of esters is 1. The average Bonchev–Trinajstić information content (AvgIpc) is 2.83. The number of ether oxygens (including phenoxy) is 1. The van der Waals surface area contributed by atoms with Crippen LogP contribution in [0.3, 0.4) is 0 Å². The normalized spacial score (nSPS) is 15.7. The number of carbonyl (C=O) groups is 4. The Bertz CT molecular complexity index is 690. The lowest BCUT2D eigenvalue weighted by Gasteiger charge is -2.12. The largest absolute Gasteiger partial charge is 0.459 e. The number of hydrogen-bond donors (Lipinski definition) is 1. The van der Waals surface area contributed by atoms with Gasteiger partial charge >= 0.3 is 11.9 Å². The summed E-state index contributed by atoms with van der Waals surface area (Å²) in [4.78, 5) is 51.9. The maximum atomic E-state index is 12.2. The molecule has 2 rings (SSSR count). The Morgan fingerprint density at radius 2 is 2.21 bits per heavy atom. The standard InChI is InChI=1S/C15H15N3O5S/c1-2-23-14(21)12(19)17-6-7-18-13(20)11(24-15(18)22)8-10-4-3-5-16-9-10/h3-5,8-9H,2,6-7H2,1H3,(H,17,19)/b11-8-. The smallest absolute Gasteiger partial charge is 0.396 e. The van der Waals surface area contributed by atoms with Crippen molar-refractivity contribution in [2.75, 3.05) is 19.7 Å². The summed E-state index contributed by atoms with van der Waals surface area (Å²) >= 11 is 0.816. The molecule has 0 aliphatic carbocycles. The van der Waals surface area contributed by atoms with Crippen molar-refractivity contribution in [3.8, 4) is 0 Å². The van der Waals surface area contributed by atoms with Gasteiger partial charge in [-0.25, -0.2) is 4.79 Å². The first-order valence-electron chi connectivity index (χ1n) is 7.13. The van der Waals surface area contributed by atoms with Gasteiger partial charge in [0.05, 0.1) is 11.5 Å². The molecule has 1 saturated heterocycles. The minimum atomic E-state index is -0.997. The molecule has 1 aromatic heterocycles. The third-order valence-corrected chi connectivity index (χ3v) is 3.84. The summed E-state index contributed by atoms with van der Waals surface area (Å²) in [5, 5.41) is 1.87. The number of hydrogen-bond acceptors (Lipinski definition) is 7. The van der Waals surface area contributed by atoms with Crippen molar-refractivity contribution in [1.29, 1.82) is 0 Å². The zero-order chi connectivity index (χ0) is 17.5. The van der Waals surface area contributed by atoms with Crippen molar-refractivity contribution in [3.05, 3.63) is 35.0 Å². The Morgan fingerprint density at radius 1 is 1.42 bits per heavy atom. The summed E-state index contributed by atoms with van der Waals surface area (Å²) in [7, 11) is 0. The molecule has 126 valence electrons. The Morgan fingerprint density at radius 3 is 2.88 bits per heavy atom. The van der Waals surface area contributed by atoms with Gasteiger partial charge in [-0.1, -0.05) is 6.07 Å². The van der Waals surface area contributed by atoms with Crippen LogP contribution in [-0.2, 0) is 19.1 Å². The zero-order valence-electron chi connectivity index (χ0n) is 12.9. The number of pyridine rings is 1. The lowest BCUT2D eigenvalue weighted by atomic mass is 10.2. The highest BCUT2D eigenvalue weighted by molar-refractivity contribution is 8.18. The van der Waals surface area contributed by atoms with Gasteiger partial charge in [0.1, 0.15) is 0 Å². The van der Waals surface area contributed by atoms with Gasteiger partial charge in [0.25, 0.3) is 11.1 Å². The molecule has 1 aliphatic rings. The molecule has 8 nitrogen and oxygen atoms in total. The Labute approximate surface area is 142 Å². The van der Waals surface area contributed by atoms with Crippen molar-refractivity contribution in [3.63, 3.8) is 0 Å². The van der Waals surface area contributed by atoms with E-state index in [0.29, 0.717) is 5.56 Å². The Balaban J connectivity index is 1.92. The second-order valence-corrected chi connectivity index (χ2v) is 5.59. The van der Waals surface area contributed by atoms with E-state index in [4.69, 9.17) is 0 Å².